The maximum absolute atomic E-state index is 14.0. The van der Waals surface area contributed by atoms with Gasteiger partial charge in [0.25, 0.3) is 5.91 Å². The Balaban J connectivity index is 2.81. The van der Waals surface area contributed by atoms with Gasteiger partial charge in [0, 0.05) is 19.0 Å². The summed E-state index contributed by atoms with van der Waals surface area (Å²) in [6, 6.07) is 0. The van der Waals surface area contributed by atoms with Gasteiger partial charge in [0.05, 0.1) is 0 Å². The monoisotopic (exact) mass is 305 g/mol. The van der Waals surface area contributed by atoms with Gasteiger partial charge in [-0.3, -0.25) is 4.79 Å². The lowest BCUT2D eigenvalue weighted by molar-refractivity contribution is -0.179. The summed E-state index contributed by atoms with van der Waals surface area (Å²) in [4.78, 5) is 13.0. The third-order valence-corrected chi connectivity index (χ3v) is 3.25. The van der Waals surface area contributed by atoms with Crippen LogP contribution in [0.15, 0.2) is 0 Å². The van der Waals surface area contributed by atoms with E-state index in [1.807, 2.05) is 0 Å². The molecule has 0 fully saturated rings. The van der Waals surface area contributed by atoms with E-state index in [0.29, 0.717) is 5.82 Å². The second kappa shape index (κ2) is 6.88. The number of hydrogen-bond donors (Lipinski definition) is 2. The molecule has 1 heterocycles. The Bertz CT molecular complexity index is 453. The Morgan fingerprint density at radius 3 is 2.48 bits per heavy atom. The molecule has 0 aliphatic carbocycles. The highest BCUT2D eigenvalue weighted by Gasteiger charge is 2.49. The van der Waals surface area contributed by atoms with Crippen molar-refractivity contribution in [2.45, 2.75) is 45.6 Å². The zero-order valence-corrected chi connectivity index (χ0v) is 12.5. The van der Waals surface area contributed by atoms with Gasteiger partial charge < -0.3 is 10.0 Å². The van der Waals surface area contributed by atoms with Gasteiger partial charge in [0.1, 0.15) is 6.10 Å². The summed E-state index contributed by atoms with van der Waals surface area (Å²) in [6.07, 6.45) is -2.01. The average Bonchev–Trinajstić information content (AvgIpc) is 2.96. The largest absolute Gasteiger partial charge is 0.386 e. The molecule has 0 saturated carbocycles. The molecule has 2 N–H and O–H groups in total. The number of carbonyl (C=O) groups is 1. The molecule has 1 aromatic rings. The number of aromatic amines is 1. The summed E-state index contributed by atoms with van der Waals surface area (Å²) >= 11 is 0. The number of nitrogens with zero attached hydrogens (tertiary/aromatic N) is 4. The number of aromatic nitrogens is 4. The fraction of sp³-hybridized carbons (Fsp3) is 0.833. The number of carbonyl (C=O) groups excluding carboxylic acids is 1. The molecule has 1 rings (SSSR count). The van der Waals surface area contributed by atoms with Crippen molar-refractivity contribution in [3.05, 3.63) is 5.82 Å². The number of amides is 1. The van der Waals surface area contributed by atoms with Crippen molar-refractivity contribution in [1.29, 1.82) is 0 Å². The van der Waals surface area contributed by atoms with Crippen LogP contribution in [-0.2, 0) is 4.79 Å². The Morgan fingerprint density at radius 1 is 1.43 bits per heavy atom. The predicted octanol–water partition coefficient (Wildman–Crippen LogP) is 0.804. The maximum Gasteiger partial charge on any atom is 0.350 e. The lowest BCUT2D eigenvalue weighted by atomic mass is 9.99. The molecule has 21 heavy (non-hydrogen) atoms. The Hall–Kier alpha value is -1.64. The number of hydrogen-bond acceptors (Lipinski definition) is 5. The first-order chi connectivity index (χ1) is 9.71. The summed E-state index contributed by atoms with van der Waals surface area (Å²) in [5.74, 6) is -5.94. The fourth-order valence-corrected chi connectivity index (χ4v) is 1.90. The molecule has 7 nitrogen and oxygen atoms in total. The number of halogens is 2. The Kier molecular flexibility index (Phi) is 5.70. The summed E-state index contributed by atoms with van der Waals surface area (Å²) < 4.78 is 28.0. The third-order valence-electron chi connectivity index (χ3n) is 3.25. The van der Waals surface area contributed by atoms with Crippen LogP contribution in [0, 0.1) is 5.92 Å². The van der Waals surface area contributed by atoms with Crippen LogP contribution in [0.25, 0.3) is 0 Å². The normalized spacial score (nSPS) is 15.0. The predicted molar refractivity (Wildman–Crippen MR) is 70.6 cm³/mol. The number of aliphatic hydroxyl groups excluding tert-OH is 1. The Labute approximate surface area is 121 Å². The Morgan fingerprint density at radius 2 is 2.05 bits per heavy atom. The zero-order chi connectivity index (χ0) is 16.2. The van der Waals surface area contributed by atoms with Crippen molar-refractivity contribution in [3.63, 3.8) is 0 Å². The summed E-state index contributed by atoms with van der Waals surface area (Å²) in [5, 5.41) is 22.7. The van der Waals surface area contributed by atoms with Crippen LogP contribution in [0.1, 0.15) is 39.4 Å². The molecule has 2 unspecified atom stereocenters. The van der Waals surface area contributed by atoms with Gasteiger partial charge in [-0.25, -0.2) is 0 Å². The molecule has 0 aliphatic heterocycles. The van der Waals surface area contributed by atoms with E-state index < -0.39 is 23.9 Å². The SMILES string of the molecule is CCN(CC(C)c1nn[nH]n1)C(=O)C(F)(F)C(O)C(C)C. The molecule has 0 spiro atoms. The number of alkyl halides is 2. The van der Waals surface area contributed by atoms with Crippen molar-refractivity contribution in [2.24, 2.45) is 5.92 Å². The smallest absolute Gasteiger partial charge is 0.350 e. The van der Waals surface area contributed by atoms with Crippen LogP contribution in [0.3, 0.4) is 0 Å². The minimum atomic E-state index is -3.82. The van der Waals surface area contributed by atoms with Crippen LogP contribution >= 0.6 is 0 Å². The highest BCUT2D eigenvalue weighted by Crippen LogP contribution is 2.27. The highest BCUT2D eigenvalue weighted by molar-refractivity contribution is 5.84. The second-order valence-corrected chi connectivity index (χ2v) is 5.33. The number of H-pyrrole nitrogens is 1. The molecular weight excluding hydrogens is 284 g/mol. The highest BCUT2D eigenvalue weighted by atomic mass is 19.3. The number of rotatable bonds is 7. The number of nitrogens with one attached hydrogen (secondary N) is 1. The van der Waals surface area contributed by atoms with Gasteiger partial charge in [-0.2, -0.15) is 14.0 Å². The van der Waals surface area contributed by atoms with Gasteiger partial charge in [-0.15, -0.1) is 10.2 Å². The van der Waals surface area contributed by atoms with Gasteiger partial charge in [0.2, 0.25) is 0 Å². The van der Waals surface area contributed by atoms with Gasteiger partial charge in [-0.05, 0) is 12.8 Å². The van der Waals surface area contributed by atoms with Gasteiger partial charge >= 0.3 is 5.92 Å². The number of likely N-dealkylation sites (N-methyl/N-ethyl adjacent to an activating group) is 1. The average molecular weight is 305 g/mol. The summed E-state index contributed by atoms with van der Waals surface area (Å²) in [5.41, 5.74) is 0. The molecule has 0 saturated heterocycles. The second-order valence-electron chi connectivity index (χ2n) is 5.33. The van der Waals surface area contributed by atoms with Crippen LogP contribution < -0.4 is 0 Å². The van der Waals surface area contributed by atoms with Crippen molar-refractivity contribution in [3.8, 4) is 0 Å². The van der Waals surface area contributed by atoms with Crippen molar-refractivity contribution < 1.29 is 18.7 Å². The summed E-state index contributed by atoms with van der Waals surface area (Å²) in [7, 11) is 0. The van der Waals surface area contributed by atoms with Crippen LogP contribution in [0.5, 0.6) is 0 Å². The maximum atomic E-state index is 14.0. The van der Waals surface area contributed by atoms with E-state index >= 15 is 0 Å². The minimum absolute atomic E-state index is 0.0231. The first-order valence-electron chi connectivity index (χ1n) is 6.80. The first kappa shape index (κ1) is 17.4. The molecule has 0 aliphatic rings. The molecule has 0 radical (unpaired) electrons. The van der Waals surface area contributed by atoms with Crippen molar-refractivity contribution in [1.82, 2.24) is 25.5 Å². The number of tetrazole rings is 1. The van der Waals surface area contributed by atoms with E-state index in [1.54, 1.807) is 13.8 Å². The molecular formula is C12H21F2N5O2. The van der Waals surface area contributed by atoms with Crippen molar-refractivity contribution in [2.75, 3.05) is 13.1 Å². The van der Waals surface area contributed by atoms with E-state index in [-0.39, 0.29) is 19.0 Å². The molecule has 9 heteroatoms. The zero-order valence-electron chi connectivity index (χ0n) is 12.5. The molecule has 1 amide bonds. The molecule has 2 atom stereocenters. The van der Waals surface area contributed by atoms with E-state index in [2.05, 4.69) is 20.6 Å². The van der Waals surface area contributed by atoms with Crippen molar-refractivity contribution >= 4 is 5.91 Å². The van der Waals surface area contributed by atoms with Crippen LogP contribution in [-0.4, -0.2) is 61.7 Å². The summed E-state index contributed by atoms with van der Waals surface area (Å²) in [6.45, 7) is 6.29. The minimum Gasteiger partial charge on any atom is -0.386 e. The standard InChI is InChI=1S/C12H21F2N5O2/c1-5-19(6-8(4)10-15-17-18-16-10)11(21)12(13,14)9(20)7(2)3/h7-9,20H,5-6H2,1-4H3,(H,15,16,17,18). The van der Waals surface area contributed by atoms with E-state index in [4.69, 9.17) is 0 Å². The third kappa shape index (κ3) is 3.93. The lowest BCUT2D eigenvalue weighted by Crippen LogP contribution is -2.52. The quantitative estimate of drug-likeness (QED) is 0.777. The van der Waals surface area contributed by atoms with E-state index in [1.165, 1.54) is 13.8 Å². The number of aliphatic hydroxyl groups is 1. The van der Waals surface area contributed by atoms with E-state index in [0.717, 1.165) is 4.90 Å². The lowest BCUT2D eigenvalue weighted by Gasteiger charge is -2.31. The molecule has 120 valence electrons. The molecule has 0 bridgehead atoms. The van der Waals surface area contributed by atoms with Crippen LogP contribution in [0.4, 0.5) is 8.78 Å². The molecule has 1 aromatic heterocycles. The topological polar surface area (TPSA) is 95.0 Å². The fourth-order valence-electron chi connectivity index (χ4n) is 1.90. The van der Waals surface area contributed by atoms with Gasteiger partial charge in [-0.1, -0.05) is 26.0 Å². The molecule has 0 aromatic carbocycles. The van der Waals surface area contributed by atoms with E-state index in [9.17, 15) is 18.7 Å². The first-order valence-corrected chi connectivity index (χ1v) is 6.80. The van der Waals surface area contributed by atoms with Crippen LogP contribution in [0.2, 0.25) is 0 Å². The van der Waals surface area contributed by atoms with Gasteiger partial charge in [0.15, 0.2) is 5.82 Å².